The maximum Gasteiger partial charge on any atom is 0.336 e. The van der Waals surface area contributed by atoms with Gasteiger partial charge in [-0.3, -0.25) is 4.79 Å². The molecule has 3 aromatic rings. The number of rotatable bonds is 6. The molecule has 0 amide bonds. The predicted octanol–water partition coefficient (Wildman–Crippen LogP) is 3.49. The van der Waals surface area contributed by atoms with Crippen molar-refractivity contribution in [3.05, 3.63) is 87.1 Å². The molecule has 0 aliphatic carbocycles. The Kier molecular flexibility index (Phi) is 5.68. The molecule has 8 heteroatoms. The molecule has 0 saturated carbocycles. The van der Waals surface area contributed by atoms with Crippen LogP contribution in [0.25, 0.3) is 0 Å². The fraction of sp³-hybridized carbons (Fsp3) is 0.208. The van der Waals surface area contributed by atoms with Crippen LogP contribution in [0.2, 0.25) is 0 Å². The maximum atomic E-state index is 13.2. The Balaban J connectivity index is 1.99. The molecule has 2 heterocycles. The van der Waals surface area contributed by atoms with Crippen LogP contribution in [0, 0.1) is 0 Å². The van der Waals surface area contributed by atoms with E-state index in [2.05, 4.69) is 10.4 Å². The molecule has 2 aromatic carbocycles. The van der Waals surface area contributed by atoms with E-state index in [0.29, 0.717) is 52.6 Å². The average molecular weight is 429 g/mol. The molecule has 2 N–H and O–H groups in total. The van der Waals surface area contributed by atoms with Crippen molar-refractivity contribution in [2.24, 2.45) is 10.1 Å². The summed E-state index contributed by atoms with van der Waals surface area (Å²) in [4.78, 5) is 34.5. The number of aliphatic imine (C=N–C) groups is 1. The van der Waals surface area contributed by atoms with E-state index in [1.54, 1.807) is 18.2 Å². The molecule has 0 fully saturated rings. The number of nitrogens with zero attached hydrogens (tertiary/aromatic N) is 4. The summed E-state index contributed by atoms with van der Waals surface area (Å²) in [6.45, 7) is 3.85. The van der Waals surface area contributed by atoms with E-state index < -0.39 is 5.97 Å². The molecule has 1 aliphatic heterocycles. The summed E-state index contributed by atoms with van der Waals surface area (Å²) >= 11 is 0. The van der Waals surface area contributed by atoms with Gasteiger partial charge in [-0.15, -0.1) is 0 Å². The third kappa shape index (κ3) is 3.60. The van der Waals surface area contributed by atoms with Gasteiger partial charge in [0.25, 0.3) is 5.56 Å². The molecular weight excluding hydrogens is 406 g/mol. The minimum atomic E-state index is -1.08. The van der Waals surface area contributed by atoms with Crippen LogP contribution in [-0.2, 0) is 12.8 Å². The molecule has 162 valence electrons. The van der Waals surface area contributed by atoms with Gasteiger partial charge in [-0.25, -0.2) is 14.8 Å². The number of carboxylic acid groups (broad SMARTS) is 1. The monoisotopic (exact) mass is 429 g/mol. The van der Waals surface area contributed by atoms with Gasteiger partial charge in [0.05, 0.1) is 16.9 Å². The fourth-order valence-corrected chi connectivity index (χ4v) is 3.73. The number of aryl methyl sites for hydroxylation is 1. The van der Waals surface area contributed by atoms with E-state index in [0.717, 1.165) is 5.69 Å². The van der Waals surface area contributed by atoms with Crippen LogP contribution < -0.4 is 10.9 Å². The van der Waals surface area contributed by atoms with E-state index in [-0.39, 0.29) is 11.1 Å². The zero-order chi connectivity index (χ0) is 22.8. The Morgan fingerprint density at radius 1 is 1.09 bits per heavy atom. The number of fused-ring (bicyclic) bond motifs is 1. The minimum Gasteiger partial charge on any atom is -0.478 e. The van der Waals surface area contributed by atoms with Crippen molar-refractivity contribution < 1.29 is 9.90 Å². The lowest BCUT2D eigenvalue weighted by molar-refractivity contribution is 0.0696. The summed E-state index contributed by atoms with van der Waals surface area (Å²) in [5, 5.41) is 17.3. The number of anilines is 1. The lowest BCUT2D eigenvalue weighted by Crippen LogP contribution is -2.27. The third-order valence-corrected chi connectivity index (χ3v) is 5.37. The largest absolute Gasteiger partial charge is 0.478 e. The first kappa shape index (κ1) is 21.2. The van der Waals surface area contributed by atoms with E-state index in [9.17, 15) is 14.7 Å². The zero-order valence-electron chi connectivity index (χ0n) is 18.1. The van der Waals surface area contributed by atoms with Gasteiger partial charge in [0.15, 0.2) is 5.82 Å². The van der Waals surface area contributed by atoms with Crippen molar-refractivity contribution in [1.29, 1.82) is 0 Å². The van der Waals surface area contributed by atoms with Gasteiger partial charge in [-0.1, -0.05) is 32.0 Å². The first-order chi connectivity index (χ1) is 15.5. The van der Waals surface area contributed by atoms with E-state index in [1.807, 2.05) is 45.2 Å². The fourth-order valence-electron chi connectivity index (χ4n) is 3.73. The lowest BCUT2D eigenvalue weighted by Gasteiger charge is -2.09. The smallest absolute Gasteiger partial charge is 0.336 e. The van der Waals surface area contributed by atoms with Crippen molar-refractivity contribution in [3.8, 4) is 0 Å². The average Bonchev–Trinajstić information content (AvgIpc) is 3.17. The third-order valence-electron chi connectivity index (χ3n) is 5.37. The summed E-state index contributed by atoms with van der Waals surface area (Å²) in [5.41, 5.74) is 3.75. The van der Waals surface area contributed by atoms with Crippen molar-refractivity contribution in [1.82, 2.24) is 9.66 Å². The van der Waals surface area contributed by atoms with Gasteiger partial charge in [0.2, 0.25) is 0 Å². The molecule has 0 unspecified atom stereocenters. The van der Waals surface area contributed by atoms with Gasteiger partial charge in [-0.05, 0) is 43.2 Å². The summed E-state index contributed by atoms with van der Waals surface area (Å²) < 4.78 is 1.24. The number of hydrogen-bond acceptors (Lipinski definition) is 6. The van der Waals surface area contributed by atoms with Gasteiger partial charge in [0.1, 0.15) is 11.4 Å². The molecule has 1 aromatic heterocycles. The molecule has 4 rings (SSSR count). The molecule has 0 spiro atoms. The van der Waals surface area contributed by atoms with Gasteiger partial charge in [0, 0.05) is 23.9 Å². The Labute approximate surface area is 185 Å². The predicted molar refractivity (Wildman–Crippen MR) is 125 cm³/mol. The number of carboxylic acids is 1. The molecule has 8 nitrogen and oxygen atoms in total. The zero-order valence-corrected chi connectivity index (χ0v) is 18.1. The second kappa shape index (κ2) is 8.58. The highest BCUT2D eigenvalue weighted by Gasteiger charge is 2.31. The SMILES string of the molecule is CCc1nc2n(c(=O)c1CC)N=C(c1ccccc1C(=O)O)C2=Nc1ccc(NC)cc1. The van der Waals surface area contributed by atoms with Crippen LogP contribution in [0.1, 0.15) is 46.9 Å². The number of carbonyl (C=O) groups is 1. The quantitative estimate of drug-likeness (QED) is 0.623. The van der Waals surface area contributed by atoms with Crippen molar-refractivity contribution in [2.45, 2.75) is 26.7 Å². The van der Waals surface area contributed by atoms with Gasteiger partial charge >= 0.3 is 5.97 Å². The van der Waals surface area contributed by atoms with Gasteiger partial charge in [-0.2, -0.15) is 9.78 Å². The second-order valence-corrected chi connectivity index (χ2v) is 7.24. The standard InChI is InChI=1S/C24H23N5O3/c1-4-16-19(5-2)27-22-21(26-15-12-10-14(25-3)11-13-15)20(28-29(22)23(16)30)17-8-6-7-9-18(17)24(31)32/h6-13,25H,4-5H2,1-3H3,(H,31,32). The van der Waals surface area contributed by atoms with E-state index in [4.69, 9.17) is 9.98 Å². The summed E-state index contributed by atoms with van der Waals surface area (Å²) in [7, 11) is 1.83. The summed E-state index contributed by atoms with van der Waals surface area (Å²) in [5.74, 6) is -0.766. The normalized spacial score (nSPS) is 13.7. The first-order valence-corrected chi connectivity index (χ1v) is 10.4. The lowest BCUT2D eigenvalue weighted by atomic mass is 9.99. The Morgan fingerprint density at radius 2 is 1.81 bits per heavy atom. The highest BCUT2D eigenvalue weighted by Crippen LogP contribution is 2.23. The van der Waals surface area contributed by atoms with Crippen LogP contribution in [0.5, 0.6) is 0 Å². The number of aromatic carboxylic acids is 1. The minimum absolute atomic E-state index is 0.0803. The Bertz CT molecular complexity index is 1320. The first-order valence-electron chi connectivity index (χ1n) is 10.4. The molecule has 1 aliphatic rings. The van der Waals surface area contributed by atoms with E-state index >= 15 is 0 Å². The molecule has 0 atom stereocenters. The van der Waals surface area contributed by atoms with Crippen molar-refractivity contribution >= 4 is 28.8 Å². The van der Waals surface area contributed by atoms with Crippen LogP contribution in [0.15, 0.2) is 63.4 Å². The highest BCUT2D eigenvalue weighted by molar-refractivity contribution is 6.55. The number of benzene rings is 2. The molecule has 0 bridgehead atoms. The number of aromatic nitrogens is 2. The number of hydrogen-bond donors (Lipinski definition) is 2. The van der Waals surface area contributed by atoms with Gasteiger partial charge < -0.3 is 10.4 Å². The maximum absolute atomic E-state index is 13.2. The summed E-state index contributed by atoms with van der Waals surface area (Å²) in [6, 6.07) is 14.0. The second-order valence-electron chi connectivity index (χ2n) is 7.24. The van der Waals surface area contributed by atoms with Crippen molar-refractivity contribution in [3.63, 3.8) is 0 Å². The van der Waals surface area contributed by atoms with E-state index in [1.165, 1.54) is 10.7 Å². The number of nitrogens with one attached hydrogen (secondary N) is 1. The molecular formula is C24H23N5O3. The topological polar surface area (TPSA) is 109 Å². The Hall–Kier alpha value is -4.07. The molecule has 32 heavy (non-hydrogen) atoms. The van der Waals surface area contributed by atoms with Crippen LogP contribution >= 0.6 is 0 Å². The van der Waals surface area contributed by atoms with Crippen LogP contribution in [0.3, 0.4) is 0 Å². The molecule has 0 saturated heterocycles. The van der Waals surface area contributed by atoms with Crippen LogP contribution in [0.4, 0.5) is 11.4 Å². The highest BCUT2D eigenvalue weighted by atomic mass is 16.4. The van der Waals surface area contributed by atoms with Crippen molar-refractivity contribution in [2.75, 3.05) is 12.4 Å². The van der Waals surface area contributed by atoms with Crippen LogP contribution in [-0.4, -0.2) is 39.2 Å². The summed E-state index contributed by atoms with van der Waals surface area (Å²) in [6.07, 6.45) is 1.13. The molecule has 0 radical (unpaired) electrons. The Morgan fingerprint density at radius 3 is 2.44 bits per heavy atom.